The lowest BCUT2D eigenvalue weighted by Gasteiger charge is -2.37. The summed E-state index contributed by atoms with van der Waals surface area (Å²) in [4.78, 5) is 39.1. The molecule has 1 aliphatic rings. The van der Waals surface area contributed by atoms with Gasteiger partial charge in [0.15, 0.2) is 0 Å². The number of aromatic carboxylic acids is 1. The number of carboxylic acid groups (broad SMARTS) is 1. The molecule has 0 fully saturated rings. The van der Waals surface area contributed by atoms with Gasteiger partial charge in [0, 0.05) is 24.9 Å². The zero-order chi connectivity index (χ0) is 24.2. The SMILES string of the molecule is O=C(O)c1ccc(N2C=CN(Cc3ccccc3)C(=O)[C@@H]2Cc2ccc(O)cc2)c([N+](=O)[O-])c1. The van der Waals surface area contributed by atoms with E-state index in [9.17, 15) is 29.9 Å². The van der Waals surface area contributed by atoms with Gasteiger partial charge in [-0.15, -0.1) is 0 Å². The number of benzene rings is 3. The zero-order valence-electron chi connectivity index (χ0n) is 17.9. The number of hydrogen-bond donors (Lipinski definition) is 2. The van der Waals surface area contributed by atoms with Gasteiger partial charge in [-0.25, -0.2) is 4.79 Å². The Morgan fingerprint density at radius 1 is 0.971 bits per heavy atom. The number of anilines is 1. The molecule has 2 N–H and O–H groups in total. The van der Waals surface area contributed by atoms with Crippen molar-refractivity contribution in [3.8, 4) is 5.75 Å². The number of phenolic OH excluding ortho intramolecular Hbond substituents is 1. The largest absolute Gasteiger partial charge is 0.508 e. The number of aromatic hydroxyl groups is 1. The summed E-state index contributed by atoms with van der Waals surface area (Å²) < 4.78 is 0. The van der Waals surface area contributed by atoms with E-state index in [1.165, 1.54) is 29.2 Å². The maximum atomic E-state index is 13.6. The van der Waals surface area contributed by atoms with Gasteiger partial charge in [0.25, 0.3) is 5.69 Å². The van der Waals surface area contributed by atoms with Gasteiger partial charge in [-0.3, -0.25) is 14.9 Å². The highest BCUT2D eigenvalue weighted by Gasteiger charge is 2.35. The van der Waals surface area contributed by atoms with Crippen LogP contribution >= 0.6 is 0 Å². The van der Waals surface area contributed by atoms with Gasteiger partial charge < -0.3 is 20.0 Å². The zero-order valence-corrected chi connectivity index (χ0v) is 17.9. The molecule has 1 aliphatic heterocycles. The molecule has 0 radical (unpaired) electrons. The van der Waals surface area contributed by atoms with Crippen LogP contribution in [0.25, 0.3) is 0 Å². The molecule has 0 aromatic heterocycles. The van der Waals surface area contributed by atoms with Crippen LogP contribution in [-0.2, 0) is 17.8 Å². The average Bonchev–Trinajstić information content (AvgIpc) is 2.83. The number of nitro benzene ring substituents is 1. The van der Waals surface area contributed by atoms with Gasteiger partial charge >= 0.3 is 5.97 Å². The Hall–Kier alpha value is -4.66. The van der Waals surface area contributed by atoms with Crippen molar-refractivity contribution in [2.45, 2.75) is 19.0 Å². The highest BCUT2D eigenvalue weighted by Crippen LogP contribution is 2.34. The maximum absolute atomic E-state index is 13.6. The van der Waals surface area contributed by atoms with Crippen LogP contribution in [0.2, 0.25) is 0 Å². The molecule has 0 bridgehead atoms. The number of nitrogens with zero attached hydrogens (tertiary/aromatic N) is 3. The van der Waals surface area contributed by atoms with Gasteiger partial charge in [-0.2, -0.15) is 0 Å². The first-order chi connectivity index (χ1) is 16.3. The molecule has 0 saturated carbocycles. The van der Waals surface area contributed by atoms with Crippen LogP contribution < -0.4 is 4.90 Å². The van der Waals surface area contributed by atoms with Crippen molar-refractivity contribution in [2.75, 3.05) is 4.90 Å². The minimum Gasteiger partial charge on any atom is -0.508 e. The molecule has 0 unspecified atom stereocenters. The quantitative estimate of drug-likeness (QED) is 0.405. The second-order valence-electron chi connectivity index (χ2n) is 7.81. The molecule has 9 nitrogen and oxygen atoms in total. The Kier molecular flexibility index (Phi) is 6.26. The smallest absolute Gasteiger partial charge is 0.335 e. The second kappa shape index (κ2) is 9.45. The lowest BCUT2D eigenvalue weighted by molar-refractivity contribution is -0.384. The number of hydrogen-bond acceptors (Lipinski definition) is 6. The third-order valence-corrected chi connectivity index (χ3v) is 5.57. The molecule has 3 aromatic rings. The Morgan fingerprint density at radius 3 is 2.32 bits per heavy atom. The summed E-state index contributed by atoms with van der Waals surface area (Å²) >= 11 is 0. The standard InChI is InChI=1S/C25H21N3O6/c29-20-9-6-17(7-10-20)14-23-24(30)26(16-18-4-2-1-3-5-18)12-13-27(23)21-11-8-19(25(31)32)15-22(21)28(33)34/h1-13,15,23,29H,14,16H2,(H,31,32)/t23-/m0/s1. The molecule has 1 heterocycles. The molecular weight excluding hydrogens is 438 g/mol. The van der Waals surface area contributed by atoms with Crippen LogP contribution in [-0.4, -0.2) is 38.0 Å². The number of carbonyl (C=O) groups is 2. The summed E-state index contributed by atoms with van der Waals surface area (Å²) in [6.07, 6.45) is 3.38. The van der Waals surface area contributed by atoms with Crippen molar-refractivity contribution >= 4 is 23.3 Å². The summed E-state index contributed by atoms with van der Waals surface area (Å²) in [6, 6.07) is 18.6. The van der Waals surface area contributed by atoms with Gasteiger partial charge in [-0.1, -0.05) is 42.5 Å². The lowest BCUT2D eigenvalue weighted by atomic mass is 10.0. The van der Waals surface area contributed by atoms with Crippen LogP contribution in [0.5, 0.6) is 5.75 Å². The summed E-state index contributed by atoms with van der Waals surface area (Å²) in [7, 11) is 0. The predicted octanol–water partition coefficient (Wildman–Crippen LogP) is 3.93. The monoisotopic (exact) mass is 459 g/mol. The highest BCUT2D eigenvalue weighted by atomic mass is 16.6. The molecular formula is C25H21N3O6. The Bertz CT molecular complexity index is 1260. The minimum absolute atomic E-state index is 0.0843. The Balaban J connectivity index is 1.75. The van der Waals surface area contributed by atoms with Gasteiger partial charge in [0.05, 0.1) is 17.0 Å². The van der Waals surface area contributed by atoms with E-state index in [1.54, 1.807) is 29.4 Å². The number of amides is 1. The minimum atomic E-state index is -1.28. The number of carboxylic acids is 1. The molecule has 1 atom stereocenters. The van der Waals surface area contributed by atoms with Gasteiger partial charge in [0.2, 0.25) is 5.91 Å². The summed E-state index contributed by atoms with van der Waals surface area (Å²) in [5.74, 6) is -1.47. The predicted molar refractivity (Wildman–Crippen MR) is 124 cm³/mol. The first-order valence-corrected chi connectivity index (χ1v) is 10.4. The van der Waals surface area contributed by atoms with E-state index in [4.69, 9.17) is 0 Å². The van der Waals surface area contributed by atoms with E-state index in [1.807, 2.05) is 30.3 Å². The molecule has 1 amide bonds. The summed E-state index contributed by atoms with van der Waals surface area (Å²) in [6.45, 7) is 0.330. The van der Waals surface area contributed by atoms with E-state index in [0.717, 1.165) is 17.2 Å². The number of phenols is 1. The fraction of sp³-hybridized carbons (Fsp3) is 0.120. The van der Waals surface area contributed by atoms with Gasteiger partial charge in [0.1, 0.15) is 17.5 Å². The molecule has 0 saturated heterocycles. The molecule has 34 heavy (non-hydrogen) atoms. The van der Waals surface area contributed by atoms with Crippen molar-refractivity contribution in [2.24, 2.45) is 0 Å². The van der Waals surface area contributed by atoms with E-state index < -0.39 is 22.6 Å². The third kappa shape index (κ3) is 4.73. The fourth-order valence-electron chi connectivity index (χ4n) is 3.86. The first-order valence-electron chi connectivity index (χ1n) is 10.4. The van der Waals surface area contributed by atoms with E-state index >= 15 is 0 Å². The highest BCUT2D eigenvalue weighted by molar-refractivity contribution is 5.92. The third-order valence-electron chi connectivity index (χ3n) is 5.57. The molecule has 172 valence electrons. The maximum Gasteiger partial charge on any atom is 0.335 e. The molecule has 3 aromatic carbocycles. The second-order valence-corrected chi connectivity index (χ2v) is 7.81. The van der Waals surface area contributed by atoms with Crippen molar-refractivity contribution < 1.29 is 24.7 Å². The van der Waals surface area contributed by atoms with Crippen molar-refractivity contribution in [3.05, 3.63) is 112 Å². The molecule has 4 rings (SSSR count). The summed E-state index contributed by atoms with van der Waals surface area (Å²) in [5.41, 5.74) is 1.16. The van der Waals surface area contributed by atoms with Crippen LogP contribution in [0.1, 0.15) is 21.5 Å². The van der Waals surface area contributed by atoms with Crippen molar-refractivity contribution in [1.29, 1.82) is 0 Å². The van der Waals surface area contributed by atoms with E-state index in [0.29, 0.717) is 6.54 Å². The Labute approximate surface area is 194 Å². The topological polar surface area (TPSA) is 124 Å². The molecule has 9 heteroatoms. The lowest BCUT2D eigenvalue weighted by Crippen LogP contribution is -2.49. The number of carbonyl (C=O) groups excluding carboxylic acids is 1. The van der Waals surface area contributed by atoms with Crippen LogP contribution in [0.4, 0.5) is 11.4 Å². The van der Waals surface area contributed by atoms with Gasteiger partial charge in [-0.05, 0) is 35.4 Å². The van der Waals surface area contributed by atoms with Crippen LogP contribution in [0.3, 0.4) is 0 Å². The average molecular weight is 459 g/mol. The Morgan fingerprint density at radius 2 is 1.68 bits per heavy atom. The number of rotatable bonds is 7. The van der Waals surface area contributed by atoms with E-state index in [-0.39, 0.29) is 29.3 Å². The van der Waals surface area contributed by atoms with Crippen molar-refractivity contribution in [1.82, 2.24) is 4.90 Å². The first kappa shape index (κ1) is 22.5. The molecule has 0 spiro atoms. The van der Waals surface area contributed by atoms with Crippen molar-refractivity contribution in [3.63, 3.8) is 0 Å². The van der Waals surface area contributed by atoms with E-state index in [2.05, 4.69) is 0 Å². The van der Waals surface area contributed by atoms with Crippen LogP contribution in [0.15, 0.2) is 85.2 Å². The number of nitro groups is 1. The summed E-state index contributed by atoms with van der Waals surface area (Å²) in [5, 5.41) is 30.6. The normalized spacial score (nSPS) is 15.4. The molecule has 0 aliphatic carbocycles. The fourth-order valence-corrected chi connectivity index (χ4v) is 3.86. The van der Waals surface area contributed by atoms with Crippen LogP contribution in [0, 0.1) is 10.1 Å².